The van der Waals surface area contributed by atoms with Gasteiger partial charge in [-0.3, -0.25) is 0 Å². The number of nitriles is 1. The molecule has 0 saturated carbocycles. The molecule has 0 aromatic heterocycles. The van der Waals surface area contributed by atoms with Crippen LogP contribution in [0.1, 0.15) is 44.2 Å². The molecule has 0 saturated heterocycles. The Morgan fingerprint density at radius 2 is 1.91 bits per heavy atom. The second-order valence-corrected chi connectivity index (χ2v) is 6.47. The maximum atomic E-state index is 12.5. The second kappa shape index (κ2) is 8.01. The fraction of sp³-hybridized carbons (Fsp3) is 0.579. The summed E-state index contributed by atoms with van der Waals surface area (Å²) < 4.78 is 0. The highest BCUT2D eigenvalue weighted by molar-refractivity contribution is 5.74. The Morgan fingerprint density at radius 1 is 1.30 bits per heavy atom. The molecular formula is C19H27N3O. The van der Waals surface area contributed by atoms with Gasteiger partial charge >= 0.3 is 6.03 Å². The molecule has 0 bridgehead atoms. The quantitative estimate of drug-likeness (QED) is 0.873. The van der Waals surface area contributed by atoms with Crippen LogP contribution < -0.4 is 5.32 Å². The number of benzene rings is 1. The summed E-state index contributed by atoms with van der Waals surface area (Å²) >= 11 is 0. The van der Waals surface area contributed by atoms with E-state index in [2.05, 4.69) is 42.6 Å². The van der Waals surface area contributed by atoms with Gasteiger partial charge in [0.25, 0.3) is 0 Å². The van der Waals surface area contributed by atoms with E-state index in [4.69, 9.17) is 5.26 Å². The van der Waals surface area contributed by atoms with Gasteiger partial charge in [-0.15, -0.1) is 0 Å². The van der Waals surface area contributed by atoms with Crippen molar-refractivity contribution in [2.24, 2.45) is 5.92 Å². The normalized spacial score (nSPS) is 16.3. The number of carbonyl (C=O) groups excluding carboxylic acids is 1. The summed E-state index contributed by atoms with van der Waals surface area (Å²) in [6, 6.07) is 11.0. The van der Waals surface area contributed by atoms with Gasteiger partial charge in [0.2, 0.25) is 0 Å². The average molecular weight is 313 g/mol. The first-order valence-electron chi connectivity index (χ1n) is 8.58. The van der Waals surface area contributed by atoms with Crippen LogP contribution in [0, 0.1) is 17.2 Å². The molecule has 2 unspecified atom stereocenters. The number of nitrogens with zero attached hydrogens (tertiary/aromatic N) is 2. The summed E-state index contributed by atoms with van der Waals surface area (Å²) in [6.45, 7) is 4.07. The first-order chi connectivity index (χ1) is 11.1. The lowest BCUT2D eigenvalue weighted by atomic mass is 9.97. The van der Waals surface area contributed by atoms with Crippen LogP contribution in [0.25, 0.3) is 0 Å². The van der Waals surface area contributed by atoms with Crippen LogP contribution in [0.2, 0.25) is 0 Å². The van der Waals surface area contributed by atoms with Crippen molar-refractivity contribution >= 4 is 6.03 Å². The molecule has 4 nitrogen and oxygen atoms in total. The summed E-state index contributed by atoms with van der Waals surface area (Å²) in [6.07, 6.45) is 4.26. The SMILES string of the molecule is CCC(C#N)CC(CC)NC(=O)N(C)C1Cc2ccccc2C1. The number of hydrogen-bond donors (Lipinski definition) is 1. The van der Waals surface area contributed by atoms with Crippen LogP contribution in [0.3, 0.4) is 0 Å². The zero-order valence-electron chi connectivity index (χ0n) is 14.4. The number of urea groups is 1. The van der Waals surface area contributed by atoms with Gasteiger partial charge in [-0.05, 0) is 43.2 Å². The lowest BCUT2D eigenvalue weighted by Crippen LogP contribution is -2.48. The standard InChI is InChI=1S/C19H27N3O/c1-4-14(13-20)10-17(5-2)21-19(23)22(3)18-11-15-8-6-7-9-16(15)12-18/h6-9,14,17-18H,4-5,10-12H2,1-3H3,(H,21,23). The largest absolute Gasteiger partial charge is 0.335 e. The molecule has 0 aliphatic heterocycles. The Labute approximate surface area is 139 Å². The Bertz CT molecular complexity index is 553. The van der Waals surface area contributed by atoms with Crippen LogP contribution in [0.4, 0.5) is 4.79 Å². The van der Waals surface area contributed by atoms with Crippen molar-refractivity contribution in [1.29, 1.82) is 5.26 Å². The molecule has 1 N–H and O–H groups in total. The number of likely N-dealkylation sites (N-methyl/N-ethyl adjacent to an activating group) is 1. The monoisotopic (exact) mass is 313 g/mol. The topological polar surface area (TPSA) is 56.1 Å². The van der Waals surface area contributed by atoms with E-state index in [0.717, 1.165) is 32.1 Å². The number of carbonyl (C=O) groups is 1. The number of fused-ring (bicyclic) bond motifs is 1. The highest BCUT2D eigenvalue weighted by Crippen LogP contribution is 2.25. The summed E-state index contributed by atoms with van der Waals surface area (Å²) in [7, 11) is 1.88. The predicted octanol–water partition coefficient (Wildman–Crippen LogP) is 3.51. The van der Waals surface area contributed by atoms with Crippen LogP contribution in [-0.2, 0) is 12.8 Å². The van der Waals surface area contributed by atoms with Crippen LogP contribution >= 0.6 is 0 Å². The third-order valence-electron chi connectivity index (χ3n) is 4.96. The highest BCUT2D eigenvalue weighted by Gasteiger charge is 2.28. The molecule has 2 rings (SSSR count). The number of nitrogens with one attached hydrogen (secondary N) is 1. The number of amides is 2. The Morgan fingerprint density at radius 3 is 2.39 bits per heavy atom. The summed E-state index contributed by atoms with van der Waals surface area (Å²) in [5, 5.41) is 12.2. The molecule has 0 radical (unpaired) electrons. The van der Waals surface area contributed by atoms with Gasteiger partial charge in [-0.25, -0.2) is 4.79 Å². The summed E-state index contributed by atoms with van der Waals surface area (Å²) in [5.41, 5.74) is 2.69. The third kappa shape index (κ3) is 4.25. The molecule has 1 aromatic carbocycles. The first-order valence-corrected chi connectivity index (χ1v) is 8.58. The molecule has 2 atom stereocenters. The number of rotatable bonds is 6. The van der Waals surface area contributed by atoms with Gasteiger partial charge in [0, 0.05) is 25.0 Å². The highest BCUT2D eigenvalue weighted by atomic mass is 16.2. The minimum Gasteiger partial charge on any atom is -0.335 e. The van der Waals surface area contributed by atoms with Crippen molar-refractivity contribution in [3.63, 3.8) is 0 Å². The van der Waals surface area contributed by atoms with E-state index in [1.165, 1.54) is 11.1 Å². The molecule has 1 aliphatic carbocycles. The van der Waals surface area contributed by atoms with Crippen molar-refractivity contribution in [3.05, 3.63) is 35.4 Å². The molecule has 2 amide bonds. The maximum absolute atomic E-state index is 12.5. The second-order valence-electron chi connectivity index (χ2n) is 6.47. The molecule has 0 spiro atoms. The van der Waals surface area contributed by atoms with Crippen molar-refractivity contribution in [2.45, 2.75) is 58.0 Å². The first kappa shape index (κ1) is 17.3. The van der Waals surface area contributed by atoms with E-state index >= 15 is 0 Å². The van der Waals surface area contributed by atoms with Gasteiger partial charge in [-0.1, -0.05) is 38.1 Å². The van der Waals surface area contributed by atoms with Crippen molar-refractivity contribution < 1.29 is 4.79 Å². The Kier molecular flexibility index (Phi) is 6.04. The minimum absolute atomic E-state index is 0.0151. The van der Waals surface area contributed by atoms with E-state index in [1.54, 1.807) is 0 Å². The Balaban J connectivity index is 1.91. The summed E-state index contributed by atoms with van der Waals surface area (Å²) in [5.74, 6) is 0.0151. The predicted molar refractivity (Wildman–Crippen MR) is 92.0 cm³/mol. The molecule has 4 heteroatoms. The average Bonchev–Trinajstić information content (AvgIpc) is 3.01. The fourth-order valence-corrected chi connectivity index (χ4v) is 3.23. The van der Waals surface area contributed by atoms with Gasteiger partial charge in [0.05, 0.1) is 6.07 Å². The van der Waals surface area contributed by atoms with Crippen LogP contribution in [0.5, 0.6) is 0 Å². The zero-order chi connectivity index (χ0) is 16.8. The molecular weight excluding hydrogens is 286 g/mol. The molecule has 124 valence electrons. The molecule has 0 fully saturated rings. The van der Waals surface area contributed by atoms with Crippen molar-refractivity contribution in [3.8, 4) is 6.07 Å². The molecule has 1 aliphatic rings. The van der Waals surface area contributed by atoms with E-state index in [1.807, 2.05) is 18.9 Å². The van der Waals surface area contributed by atoms with E-state index < -0.39 is 0 Å². The lowest BCUT2D eigenvalue weighted by Gasteiger charge is -2.28. The van der Waals surface area contributed by atoms with Crippen molar-refractivity contribution in [1.82, 2.24) is 10.2 Å². The van der Waals surface area contributed by atoms with E-state index in [0.29, 0.717) is 0 Å². The number of hydrogen-bond acceptors (Lipinski definition) is 2. The van der Waals surface area contributed by atoms with Gasteiger partial charge in [0.1, 0.15) is 0 Å². The van der Waals surface area contributed by atoms with Gasteiger partial charge < -0.3 is 10.2 Å². The minimum atomic E-state index is -0.0255. The van der Waals surface area contributed by atoms with Gasteiger partial charge in [0.15, 0.2) is 0 Å². The van der Waals surface area contributed by atoms with Crippen molar-refractivity contribution in [2.75, 3.05) is 7.05 Å². The maximum Gasteiger partial charge on any atom is 0.317 e. The summed E-state index contributed by atoms with van der Waals surface area (Å²) in [4.78, 5) is 14.4. The van der Waals surface area contributed by atoms with E-state index in [9.17, 15) is 4.79 Å². The lowest BCUT2D eigenvalue weighted by molar-refractivity contribution is 0.185. The third-order valence-corrected chi connectivity index (χ3v) is 4.96. The molecule has 1 aromatic rings. The van der Waals surface area contributed by atoms with Crippen LogP contribution in [-0.4, -0.2) is 30.1 Å². The smallest absolute Gasteiger partial charge is 0.317 e. The molecule has 0 heterocycles. The Hall–Kier alpha value is -2.02. The molecule has 23 heavy (non-hydrogen) atoms. The fourth-order valence-electron chi connectivity index (χ4n) is 3.23. The van der Waals surface area contributed by atoms with Gasteiger partial charge in [-0.2, -0.15) is 5.26 Å². The van der Waals surface area contributed by atoms with E-state index in [-0.39, 0.29) is 24.0 Å². The van der Waals surface area contributed by atoms with Crippen LogP contribution in [0.15, 0.2) is 24.3 Å². The zero-order valence-corrected chi connectivity index (χ0v) is 14.4.